The van der Waals surface area contributed by atoms with Crippen molar-refractivity contribution in [3.05, 3.63) is 50.7 Å². The zero-order valence-corrected chi connectivity index (χ0v) is 13.7. The van der Waals surface area contributed by atoms with Crippen molar-refractivity contribution >= 4 is 28.4 Å². The van der Waals surface area contributed by atoms with Gasteiger partial charge >= 0.3 is 0 Å². The molecule has 1 N–H and O–H groups in total. The van der Waals surface area contributed by atoms with E-state index in [-0.39, 0.29) is 5.82 Å². The summed E-state index contributed by atoms with van der Waals surface area (Å²) in [6.07, 6.45) is 1.44. The molecule has 0 unspecified atom stereocenters. The monoisotopic (exact) mass is 385 g/mol. The highest BCUT2D eigenvalue weighted by Crippen LogP contribution is 2.20. The van der Waals surface area contributed by atoms with Crippen LogP contribution in [-0.4, -0.2) is 16.5 Å². The van der Waals surface area contributed by atoms with Gasteiger partial charge in [-0.15, -0.1) is 0 Å². The smallest absolute Gasteiger partial charge is 0.143 e. The van der Waals surface area contributed by atoms with Crippen LogP contribution in [0.3, 0.4) is 0 Å². The summed E-state index contributed by atoms with van der Waals surface area (Å²) in [6.45, 7) is 4.92. The minimum Gasteiger partial charge on any atom is -0.369 e. The molecule has 0 radical (unpaired) electrons. The molecule has 0 aliphatic rings. The zero-order valence-electron chi connectivity index (χ0n) is 11.6. The normalized spacial score (nSPS) is 10.6. The van der Waals surface area contributed by atoms with E-state index >= 15 is 0 Å². The third kappa shape index (κ3) is 3.65. The average molecular weight is 385 g/mol. The number of aryl methyl sites for hydroxylation is 1. The summed E-state index contributed by atoms with van der Waals surface area (Å²) in [4.78, 5) is 8.96. The molecule has 0 fully saturated rings. The molecule has 0 saturated carbocycles. The highest BCUT2D eigenvalue weighted by Gasteiger charge is 2.11. The van der Waals surface area contributed by atoms with E-state index in [4.69, 9.17) is 0 Å². The van der Waals surface area contributed by atoms with Crippen molar-refractivity contribution in [1.82, 2.24) is 9.97 Å². The van der Waals surface area contributed by atoms with E-state index in [9.17, 15) is 4.39 Å². The van der Waals surface area contributed by atoms with Crippen molar-refractivity contribution in [2.45, 2.75) is 26.7 Å². The van der Waals surface area contributed by atoms with Crippen LogP contribution in [0, 0.1) is 16.3 Å². The lowest BCUT2D eigenvalue weighted by Gasteiger charge is -2.11. The van der Waals surface area contributed by atoms with Gasteiger partial charge in [-0.3, -0.25) is 0 Å². The fourth-order valence-electron chi connectivity index (χ4n) is 1.87. The second-order valence-corrected chi connectivity index (χ2v) is 5.66. The summed E-state index contributed by atoms with van der Waals surface area (Å²) in [6, 6.07) is 6.75. The molecular weight excluding hydrogens is 368 g/mol. The van der Waals surface area contributed by atoms with E-state index < -0.39 is 0 Å². The van der Waals surface area contributed by atoms with Crippen molar-refractivity contribution < 1.29 is 4.39 Å². The molecule has 0 aliphatic heterocycles. The fraction of sp³-hybridized carbons (Fsp3) is 0.333. The average Bonchev–Trinajstić information content (AvgIpc) is 2.43. The van der Waals surface area contributed by atoms with Crippen LogP contribution in [0.1, 0.15) is 30.4 Å². The van der Waals surface area contributed by atoms with E-state index in [2.05, 4.69) is 44.8 Å². The van der Waals surface area contributed by atoms with Crippen LogP contribution >= 0.6 is 22.6 Å². The molecule has 0 bridgehead atoms. The molecule has 1 aromatic heterocycles. The third-order valence-electron chi connectivity index (χ3n) is 2.91. The lowest BCUT2D eigenvalue weighted by atomic mass is 10.1. The second kappa shape index (κ2) is 6.97. The van der Waals surface area contributed by atoms with Crippen molar-refractivity contribution in [1.29, 1.82) is 0 Å². The number of benzene rings is 1. The van der Waals surface area contributed by atoms with Crippen molar-refractivity contribution in [2.24, 2.45) is 0 Å². The summed E-state index contributed by atoms with van der Waals surface area (Å²) >= 11 is 2.24. The predicted molar refractivity (Wildman–Crippen MR) is 87.5 cm³/mol. The quantitative estimate of drug-likeness (QED) is 0.793. The molecule has 1 aromatic carbocycles. The van der Waals surface area contributed by atoms with Gasteiger partial charge in [-0.2, -0.15) is 0 Å². The highest BCUT2D eigenvalue weighted by molar-refractivity contribution is 14.1. The number of rotatable bonds is 5. The molecule has 3 nitrogen and oxygen atoms in total. The van der Waals surface area contributed by atoms with Crippen LogP contribution in [-0.2, 0) is 6.42 Å². The first-order chi connectivity index (χ1) is 9.61. The van der Waals surface area contributed by atoms with E-state index in [1.807, 2.05) is 13.0 Å². The first-order valence-electron chi connectivity index (χ1n) is 6.62. The Kier molecular flexibility index (Phi) is 5.28. The van der Waals surface area contributed by atoms with Gasteiger partial charge in [0, 0.05) is 13.0 Å². The second-order valence-electron chi connectivity index (χ2n) is 4.58. The first-order valence-corrected chi connectivity index (χ1v) is 7.70. The molecule has 0 aliphatic carbocycles. The van der Waals surface area contributed by atoms with Crippen LogP contribution in [0.25, 0.3) is 0 Å². The van der Waals surface area contributed by atoms with Gasteiger partial charge in [0.2, 0.25) is 0 Å². The number of anilines is 1. The molecule has 0 amide bonds. The van der Waals surface area contributed by atoms with E-state index in [0.29, 0.717) is 17.8 Å². The van der Waals surface area contributed by atoms with Crippen molar-refractivity contribution in [3.8, 4) is 0 Å². The summed E-state index contributed by atoms with van der Waals surface area (Å²) in [5.74, 6) is 1.27. The Hall–Kier alpha value is -1.24. The van der Waals surface area contributed by atoms with Crippen LogP contribution in [0.15, 0.2) is 24.3 Å². The number of nitrogens with one attached hydrogen (secondary N) is 1. The van der Waals surface area contributed by atoms with Crippen LogP contribution in [0.2, 0.25) is 0 Å². The van der Waals surface area contributed by atoms with Gasteiger partial charge in [-0.25, -0.2) is 14.4 Å². The Bertz CT molecular complexity index is 602. The molecule has 2 rings (SSSR count). The minimum absolute atomic E-state index is 0.213. The number of halogens is 2. The Morgan fingerprint density at radius 1 is 1.25 bits per heavy atom. The third-order valence-corrected chi connectivity index (χ3v) is 4.20. The van der Waals surface area contributed by atoms with E-state index in [0.717, 1.165) is 28.0 Å². The summed E-state index contributed by atoms with van der Waals surface area (Å²) in [5, 5.41) is 3.29. The summed E-state index contributed by atoms with van der Waals surface area (Å²) in [5.41, 5.74) is 1.54. The van der Waals surface area contributed by atoms with Gasteiger partial charge in [0.1, 0.15) is 17.5 Å². The molecule has 0 atom stereocenters. The van der Waals surface area contributed by atoms with E-state index in [1.165, 1.54) is 6.07 Å². The highest BCUT2D eigenvalue weighted by atomic mass is 127. The molecule has 106 valence electrons. The fourth-order valence-corrected chi connectivity index (χ4v) is 2.30. The Balaban J connectivity index is 2.28. The SMILES string of the molecule is CCCNc1nc(Cc2ccccc2F)nc(C)c1I. The maximum Gasteiger partial charge on any atom is 0.143 e. The molecule has 20 heavy (non-hydrogen) atoms. The first kappa shape index (κ1) is 15.2. The van der Waals surface area contributed by atoms with Gasteiger partial charge in [0.25, 0.3) is 0 Å². The molecule has 2 aromatic rings. The molecule has 5 heteroatoms. The topological polar surface area (TPSA) is 37.8 Å². The Labute approximate surface area is 132 Å². The largest absolute Gasteiger partial charge is 0.369 e. The zero-order chi connectivity index (χ0) is 14.5. The Morgan fingerprint density at radius 3 is 2.70 bits per heavy atom. The molecule has 1 heterocycles. The molecular formula is C15H17FIN3. The van der Waals surface area contributed by atoms with Gasteiger partial charge in [0.15, 0.2) is 0 Å². The van der Waals surface area contributed by atoms with Crippen molar-refractivity contribution in [2.75, 3.05) is 11.9 Å². The number of aromatic nitrogens is 2. The summed E-state index contributed by atoms with van der Waals surface area (Å²) in [7, 11) is 0. The van der Waals surface area contributed by atoms with Crippen LogP contribution < -0.4 is 5.32 Å². The van der Waals surface area contributed by atoms with Crippen LogP contribution in [0.4, 0.5) is 10.2 Å². The van der Waals surface area contributed by atoms with Gasteiger partial charge in [-0.1, -0.05) is 25.1 Å². The predicted octanol–water partition coefficient (Wildman–Crippen LogP) is 3.94. The number of hydrogen-bond acceptors (Lipinski definition) is 3. The minimum atomic E-state index is -0.213. The number of hydrogen-bond donors (Lipinski definition) is 1. The lowest BCUT2D eigenvalue weighted by Crippen LogP contribution is -2.10. The van der Waals surface area contributed by atoms with Gasteiger partial charge in [-0.05, 0) is 47.6 Å². The lowest BCUT2D eigenvalue weighted by molar-refractivity contribution is 0.612. The molecule has 0 spiro atoms. The summed E-state index contributed by atoms with van der Waals surface area (Å²) < 4.78 is 14.7. The van der Waals surface area contributed by atoms with E-state index in [1.54, 1.807) is 12.1 Å². The standard InChI is InChI=1S/C15H17FIN3/c1-3-8-18-15-14(17)10(2)19-13(20-15)9-11-6-4-5-7-12(11)16/h4-7H,3,8-9H2,1-2H3,(H,18,19,20). The van der Waals surface area contributed by atoms with Gasteiger partial charge in [0.05, 0.1) is 9.26 Å². The Morgan fingerprint density at radius 2 is 2.00 bits per heavy atom. The van der Waals surface area contributed by atoms with Gasteiger partial charge < -0.3 is 5.32 Å². The van der Waals surface area contributed by atoms with Crippen molar-refractivity contribution in [3.63, 3.8) is 0 Å². The number of nitrogens with zero attached hydrogens (tertiary/aromatic N) is 2. The molecule has 0 saturated heterocycles. The van der Waals surface area contributed by atoms with Crippen LogP contribution in [0.5, 0.6) is 0 Å². The maximum absolute atomic E-state index is 13.7. The maximum atomic E-state index is 13.7.